The van der Waals surface area contributed by atoms with Gasteiger partial charge in [0.15, 0.2) is 11.7 Å². The van der Waals surface area contributed by atoms with Crippen molar-refractivity contribution in [1.82, 2.24) is 20.6 Å². The topological polar surface area (TPSA) is 62.2 Å². The lowest BCUT2D eigenvalue weighted by Gasteiger charge is -2.10. The third kappa shape index (κ3) is 6.65. The van der Waals surface area contributed by atoms with Crippen molar-refractivity contribution < 1.29 is 13.2 Å². The molecule has 0 aliphatic rings. The zero-order valence-electron chi connectivity index (χ0n) is 14.6. The summed E-state index contributed by atoms with van der Waals surface area (Å²) in [4.78, 5) is 13.5. The number of hydrogen-bond donors (Lipinski definition) is 2. The van der Waals surface area contributed by atoms with Crippen molar-refractivity contribution in [2.75, 3.05) is 13.6 Å². The van der Waals surface area contributed by atoms with Crippen molar-refractivity contribution >= 4 is 52.6 Å². The predicted molar refractivity (Wildman–Crippen MR) is 111 cm³/mol. The van der Waals surface area contributed by atoms with Crippen molar-refractivity contribution in [3.05, 3.63) is 31.7 Å². The molecule has 0 atom stereocenters. The molecule has 0 spiro atoms. The van der Waals surface area contributed by atoms with Crippen LogP contribution in [-0.2, 0) is 25.6 Å². The molecule has 2 aromatic heterocycles. The van der Waals surface area contributed by atoms with E-state index in [-0.39, 0.29) is 30.5 Å². The Balaban J connectivity index is 0.00000338. The molecule has 0 saturated carbocycles. The Hall–Kier alpha value is -0.950. The van der Waals surface area contributed by atoms with E-state index >= 15 is 0 Å². The molecule has 2 aromatic rings. The van der Waals surface area contributed by atoms with Crippen LogP contribution < -0.4 is 10.6 Å². The van der Waals surface area contributed by atoms with Crippen molar-refractivity contribution in [1.29, 1.82) is 0 Å². The first kappa shape index (κ1) is 23.1. The maximum absolute atomic E-state index is 12.5. The number of guanidine groups is 1. The Bertz CT molecular complexity index is 727. The number of thiazole rings is 2. The highest BCUT2D eigenvalue weighted by Crippen LogP contribution is 2.29. The van der Waals surface area contributed by atoms with Gasteiger partial charge in [-0.05, 0) is 13.3 Å². The molecular weight excluding hydrogens is 498 g/mol. The molecule has 2 heterocycles. The third-order valence-electron chi connectivity index (χ3n) is 3.38. The summed E-state index contributed by atoms with van der Waals surface area (Å²) in [5, 5.41) is 8.54. The van der Waals surface area contributed by atoms with E-state index in [1.165, 1.54) is 4.88 Å². The number of hydrogen-bond acceptors (Lipinski definition) is 5. The summed E-state index contributed by atoms with van der Waals surface area (Å²) < 4.78 is 37.6. The number of rotatable bonds is 6. The average molecular weight is 519 g/mol. The van der Waals surface area contributed by atoms with Gasteiger partial charge in [-0.15, -0.1) is 46.7 Å². The van der Waals surface area contributed by atoms with Crippen LogP contribution in [0.4, 0.5) is 13.2 Å². The van der Waals surface area contributed by atoms with E-state index in [1.54, 1.807) is 18.4 Å². The Kier molecular flexibility index (Phi) is 9.24. The monoisotopic (exact) mass is 519 g/mol. The fraction of sp³-hybridized carbons (Fsp3) is 0.533. The summed E-state index contributed by atoms with van der Waals surface area (Å²) in [5.74, 6) is 0.521. The number of aryl methyl sites for hydroxylation is 2. The number of nitrogens with zero attached hydrogens (tertiary/aromatic N) is 3. The van der Waals surface area contributed by atoms with Gasteiger partial charge in [-0.1, -0.05) is 6.92 Å². The largest absolute Gasteiger partial charge is 0.434 e. The Morgan fingerprint density at radius 2 is 1.96 bits per heavy atom. The Labute approximate surface area is 175 Å². The molecule has 26 heavy (non-hydrogen) atoms. The molecule has 0 bridgehead atoms. The van der Waals surface area contributed by atoms with Gasteiger partial charge < -0.3 is 10.6 Å². The second-order valence-corrected chi connectivity index (χ2v) is 7.42. The van der Waals surface area contributed by atoms with Gasteiger partial charge in [0.05, 0.1) is 17.2 Å². The van der Waals surface area contributed by atoms with Crippen LogP contribution in [-0.4, -0.2) is 29.5 Å². The first-order valence-electron chi connectivity index (χ1n) is 7.74. The zero-order chi connectivity index (χ0) is 18.4. The number of nitrogens with one attached hydrogen (secondary N) is 2. The second kappa shape index (κ2) is 10.4. The predicted octanol–water partition coefficient (Wildman–Crippen LogP) is 4.01. The number of halogens is 4. The van der Waals surface area contributed by atoms with E-state index in [0.717, 1.165) is 40.3 Å². The van der Waals surface area contributed by atoms with E-state index in [4.69, 9.17) is 0 Å². The fourth-order valence-corrected chi connectivity index (χ4v) is 3.87. The summed E-state index contributed by atoms with van der Waals surface area (Å²) in [6.07, 6.45) is -2.72. The highest BCUT2D eigenvalue weighted by molar-refractivity contribution is 14.0. The van der Waals surface area contributed by atoms with Crippen LogP contribution >= 0.6 is 46.7 Å². The fourth-order valence-electron chi connectivity index (χ4n) is 2.11. The smallest absolute Gasteiger partial charge is 0.356 e. The minimum Gasteiger partial charge on any atom is -0.356 e. The van der Waals surface area contributed by atoms with Crippen LogP contribution in [0.2, 0.25) is 0 Å². The standard InChI is InChI=1S/C15H20F3N5S2.HI/c1-4-10-9(2)25-12(22-10)5-6-20-14(19-3)21-7-13-23-11(8-24-13)15(16,17)18;/h8H,4-7H2,1-3H3,(H2,19,20,21);1H. The summed E-state index contributed by atoms with van der Waals surface area (Å²) in [7, 11) is 1.61. The van der Waals surface area contributed by atoms with E-state index in [0.29, 0.717) is 17.5 Å². The van der Waals surface area contributed by atoms with Gasteiger partial charge in [0.2, 0.25) is 0 Å². The van der Waals surface area contributed by atoms with Gasteiger partial charge in [0.1, 0.15) is 5.01 Å². The normalized spacial score (nSPS) is 12.0. The summed E-state index contributed by atoms with van der Waals surface area (Å²) >= 11 is 2.66. The molecule has 146 valence electrons. The van der Waals surface area contributed by atoms with Crippen LogP contribution in [0.5, 0.6) is 0 Å². The van der Waals surface area contributed by atoms with Crippen molar-refractivity contribution in [3.63, 3.8) is 0 Å². The lowest BCUT2D eigenvalue weighted by Crippen LogP contribution is -2.37. The molecule has 0 radical (unpaired) electrons. The second-order valence-electron chi connectivity index (χ2n) is 5.19. The van der Waals surface area contributed by atoms with Crippen LogP contribution in [0.3, 0.4) is 0 Å². The molecular formula is C15H21F3IN5S2. The van der Waals surface area contributed by atoms with Gasteiger partial charge in [-0.3, -0.25) is 4.99 Å². The lowest BCUT2D eigenvalue weighted by atomic mass is 10.3. The maximum Gasteiger partial charge on any atom is 0.434 e. The first-order chi connectivity index (χ1) is 11.8. The summed E-state index contributed by atoms with van der Waals surface area (Å²) in [5.41, 5.74) is 0.273. The van der Waals surface area contributed by atoms with Gasteiger partial charge in [-0.2, -0.15) is 13.2 Å². The molecule has 5 nitrogen and oxygen atoms in total. The zero-order valence-corrected chi connectivity index (χ0v) is 18.6. The van der Waals surface area contributed by atoms with Crippen LogP contribution in [0, 0.1) is 6.92 Å². The molecule has 0 saturated heterocycles. The molecule has 2 rings (SSSR count). The molecule has 0 aliphatic carbocycles. The van der Waals surface area contributed by atoms with Crippen molar-refractivity contribution in [2.45, 2.75) is 39.4 Å². The van der Waals surface area contributed by atoms with Crippen molar-refractivity contribution in [3.8, 4) is 0 Å². The molecule has 0 fully saturated rings. The highest BCUT2D eigenvalue weighted by Gasteiger charge is 2.33. The Morgan fingerprint density at radius 3 is 2.50 bits per heavy atom. The molecule has 0 aliphatic heterocycles. The minimum absolute atomic E-state index is 0. The number of aliphatic imine (C=N–C) groups is 1. The quantitative estimate of drug-likeness (QED) is 0.344. The van der Waals surface area contributed by atoms with Crippen LogP contribution in [0.15, 0.2) is 10.4 Å². The Morgan fingerprint density at radius 1 is 1.23 bits per heavy atom. The SMILES string of the molecule is CCc1nc(CCNC(=NC)NCc2nc(C(F)(F)F)cs2)sc1C.I. The summed E-state index contributed by atoms with van der Waals surface area (Å²) in [6, 6.07) is 0. The maximum atomic E-state index is 12.5. The van der Waals surface area contributed by atoms with Gasteiger partial charge in [0, 0.05) is 30.3 Å². The third-order valence-corrected chi connectivity index (χ3v) is 5.30. The van der Waals surface area contributed by atoms with E-state index in [9.17, 15) is 13.2 Å². The van der Waals surface area contributed by atoms with E-state index < -0.39 is 11.9 Å². The van der Waals surface area contributed by atoms with Crippen LogP contribution in [0.1, 0.15) is 33.2 Å². The molecule has 2 N–H and O–H groups in total. The minimum atomic E-state index is -4.40. The number of aromatic nitrogens is 2. The summed E-state index contributed by atoms with van der Waals surface area (Å²) in [6.45, 7) is 4.98. The number of alkyl halides is 3. The lowest BCUT2D eigenvalue weighted by molar-refractivity contribution is -0.140. The van der Waals surface area contributed by atoms with Gasteiger partial charge in [-0.25, -0.2) is 9.97 Å². The van der Waals surface area contributed by atoms with Gasteiger partial charge in [0.25, 0.3) is 0 Å². The highest BCUT2D eigenvalue weighted by atomic mass is 127. The van der Waals surface area contributed by atoms with Gasteiger partial charge >= 0.3 is 6.18 Å². The average Bonchev–Trinajstić information content (AvgIpc) is 3.16. The van der Waals surface area contributed by atoms with E-state index in [1.807, 2.05) is 0 Å². The molecule has 11 heteroatoms. The van der Waals surface area contributed by atoms with Crippen molar-refractivity contribution in [2.24, 2.45) is 4.99 Å². The first-order valence-corrected chi connectivity index (χ1v) is 9.44. The van der Waals surface area contributed by atoms with Crippen LogP contribution in [0.25, 0.3) is 0 Å². The molecule has 0 unspecified atom stereocenters. The molecule has 0 amide bonds. The van der Waals surface area contributed by atoms with E-state index in [2.05, 4.69) is 39.4 Å². The molecule has 0 aromatic carbocycles.